The predicted octanol–water partition coefficient (Wildman–Crippen LogP) is -4.88. The first-order valence-corrected chi connectivity index (χ1v) is 9.71. The molecule has 0 bridgehead atoms. The van der Waals surface area contributed by atoms with Gasteiger partial charge < -0.3 is 64.5 Å². The fourth-order valence-electron chi connectivity index (χ4n) is 3.72. The van der Waals surface area contributed by atoms with Crippen LogP contribution in [0.2, 0.25) is 0 Å². The summed E-state index contributed by atoms with van der Waals surface area (Å²) in [5.41, 5.74) is 0. The average molecular weight is 442 g/mol. The van der Waals surface area contributed by atoms with Crippen molar-refractivity contribution >= 4 is 0 Å². The van der Waals surface area contributed by atoms with Gasteiger partial charge in [0.25, 0.3) is 0 Å². The molecule has 14 atom stereocenters. The van der Waals surface area contributed by atoms with Crippen molar-refractivity contribution in [1.82, 2.24) is 0 Å². The van der Waals surface area contributed by atoms with Crippen molar-refractivity contribution in [3.63, 3.8) is 0 Å². The van der Waals surface area contributed by atoms with Crippen molar-refractivity contribution in [2.75, 3.05) is 6.61 Å². The number of rotatable bonds is 4. The van der Waals surface area contributed by atoms with E-state index in [4.69, 9.17) is 23.7 Å². The smallest absolute Gasteiger partial charge is 0.187 e. The molecule has 30 heavy (non-hydrogen) atoms. The molecule has 0 saturated carbocycles. The summed E-state index contributed by atoms with van der Waals surface area (Å²) in [7, 11) is 0. The van der Waals surface area contributed by atoms with Crippen molar-refractivity contribution in [1.29, 1.82) is 0 Å². The molecule has 0 aliphatic carbocycles. The maximum absolute atomic E-state index is 10.5. The molecule has 176 valence electrons. The van der Waals surface area contributed by atoms with Crippen LogP contribution in [0.15, 0.2) is 0 Å². The highest BCUT2D eigenvalue weighted by atomic mass is 16.7. The molecule has 3 fully saturated rings. The van der Waals surface area contributed by atoms with E-state index in [0.717, 1.165) is 0 Å². The van der Waals surface area contributed by atoms with Gasteiger partial charge >= 0.3 is 0 Å². The van der Waals surface area contributed by atoms with Crippen molar-refractivity contribution in [2.24, 2.45) is 0 Å². The molecule has 3 aliphatic rings. The van der Waals surface area contributed by atoms with E-state index in [1.165, 1.54) is 13.8 Å². The van der Waals surface area contributed by atoms with E-state index in [9.17, 15) is 40.9 Å². The Hall–Kier alpha value is -0.520. The van der Waals surface area contributed by atoms with E-state index in [1.54, 1.807) is 0 Å². The minimum absolute atomic E-state index is 0.305. The highest BCUT2D eigenvalue weighted by molar-refractivity contribution is 4.93. The molecular formula is C17H30O13. The second-order valence-electron chi connectivity index (χ2n) is 7.86. The largest absolute Gasteiger partial charge is 0.388 e. The zero-order chi connectivity index (χ0) is 22.3. The maximum Gasteiger partial charge on any atom is 0.187 e. The van der Waals surface area contributed by atoms with Crippen LogP contribution in [0, 0.1) is 0 Å². The average Bonchev–Trinajstić information content (AvgIpc) is 2.70. The molecule has 3 heterocycles. The van der Waals surface area contributed by atoms with E-state index < -0.39 is 86.0 Å². The summed E-state index contributed by atoms with van der Waals surface area (Å²) in [6.45, 7) is 2.67. The van der Waals surface area contributed by atoms with E-state index >= 15 is 0 Å². The van der Waals surface area contributed by atoms with Crippen molar-refractivity contribution in [2.45, 2.75) is 99.9 Å². The van der Waals surface area contributed by atoms with Crippen LogP contribution in [0.3, 0.4) is 0 Å². The SMILES string of the molecule is C[C@@H]1O[C@@H](O[C@@H]2[C@H](O)[C@@H](O)C(O)O[C@@H]2C)[C@H](O)[C@H](O)[C@H]1O[C@@H]1OC[C@@H](O)[C@H](O)[C@H]1O. The maximum atomic E-state index is 10.5. The number of aliphatic hydroxyl groups excluding tert-OH is 8. The van der Waals surface area contributed by atoms with Gasteiger partial charge in [-0.25, -0.2) is 0 Å². The summed E-state index contributed by atoms with van der Waals surface area (Å²) in [6, 6.07) is 0. The monoisotopic (exact) mass is 442 g/mol. The highest BCUT2D eigenvalue weighted by Gasteiger charge is 2.50. The van der Waals surface area contributed by atoms with Crippen LogP contribution in [0.25, 0.3) is 0 Å². The summed E-state index contributed by atoms with van der Waals surface area (Å²) >= 11 is 0. The summed E-state index contributed by atoms with van der Waals surface area (Å²) in [6.07, 6.45) is -19.4. The lowest BCUT2D eigenvalue weighted by atomic mass is 9.97. The lowest BCUT2D eigenvalue weighted by Crippen LogP contribution is -2.64. The molecule has 3 saturated heterocycles. The van der Waals surface area contributed by atoms with E-state index in [-0.39, 0.29) is 6.61 Å². The second-order valence-corrected chi connectivity index (χ2v) is 7.86. The van der Waals surface area contributed by atoms with Gasteiger partial charge in [0.1, 0.15) is 54.9 Å². The number of ether oxygens (including phenoxy) is 5. The first kappa shape index (κ1) is 24.1. The zero-order valence-corrected chi connectivity index (χ0v) is 16.4. The standard InChI is InChI=1S/C17H30O13/c1-4-13(8(20)10(22)15(25)27-4)30-17-12(24)9(21)14(5(2)28-17)29-16-11(23)7(19)6(18)3-26-16/h4-25H,3H2,1-2H3/t4-,5+,6-,7+,8-,9+,10-,11-,12-,13+,14+,15?,16+,17+/m1/s1. The number of aliphatic hydroxyl groups is 8. The lowest BCUT2D eigenvalue weighted by molar-refractivity contribution is -0.366. The Morgan fingerprint density at radius 2 is 1.10 bits per heavy atom. The van der Waals surface area contributed by atoms with Crippen LogP contribution in [0.5, 0.6) is 0 Å². The molecular weight excluding hydrogens is 412 g/mol. The highest BCUT2D eigenvalue weighted by Crippen LogP contribution is 2.31. The molecule has 0 aromatic carbocycles. The molecule has 3 rings (SSSR count). The Balaban J connectivity index is 1.63. The minimum atomic E-state index is -1.66. The van der Waals surface area contributed by atoms with Gasteiger partial charge in [0.15, 0.2) is 18.9 Å². The van der Waals surface area contributed by atoms with Gasteiger partial charge in [-0.15, -0.1) is 0 Å². The summed E-state index contributed by atoms with van der Waals surface area (Å²) in [4.78, 5) is 0. The van der Waals surface area contributed by atoms with Crippen LogP contribution in [0.4, 0.5) is 0 Å². The van der Waals surface area contributed by atoms with Crippen LogP contribution < -0.4 is 0 Å². The van der Waals surface area contributed by atoms with Gasteiger partial charge in [-0.1, -0.05) is 0 Å². The number of hydrogen-bond donors (Lipinski definition) is 8. The van der Waals surface area contributed by atoms with Crippen molar-refractivity contribution in [3.8, 4) is 0 Å². The molecule has 0 spiro atoms. The van der Waals surface area contributed by atoms with Gasteiger partial charge in [-0.3, -0.25) is 0 Å². The third-order valence-electron chi connectivity index (χ3n) is 5.61. The predicted molar refractivity (Wildman–Crippen MR) is 92.4 cm³/mol. The van der Waals surface area contributed by atoms with Gasteiger partial charge in [0, 0.05) is 0 Å². The van der Waals surface area contributed by atoms with Gasteiger partial charge in [-0.2, -0.15) is 0 Å². The normalized spacial score (nSPS) is 55.4. The van der Waals surface area contributed by atoms with Gasteiger partial charge in [-0.05, 0) is 13.8 Å². The van der Waals surface area contributed by atoms with Crippen LogP contribution in [-0.4, -0.2) is 133 Å². The molecule has 13 nitrogen and oxygen atoms in total. The van der Waals surface area contributed by atoms with Crippen molar-refractivity contribution < 1.29 is 64.5 Å². The first-order chi connectivity index (χ1) is 14.0. The molecule has 13 heteroatoms. The summed E-state index contributed by atoms with van der Waals surface area (Å²) < 4.78 is 26.8. The summed E-state index contributed by atoms with van der Waals surface area (Å²) in [5, 5.41) is 79.6. The fourth-order valence-corrected chi connectivity index (χ4v) is 3.72. The molecule has 8 N–H and O–H groups in total. The topological polar surface area (TPSA) is 208 Å². The van der Waals surface area contributed by atoms with Crippen LogP contribution >= 0.6 is 0 Å². The zero-order valence-electron chi connectivity index (χ0n) is 16.4. The van der Waals surface area contributed by atoms with Crippen LogP contribution in [-0.2, 0) is 23.7 Å². The molecule has 0 aromatic heterocycles. The second kappa shape index (κ2) is 9.54. The Kier molecular flexibility index (Phi) is 7.67. The molecule has 1 unspecified atom stereocenters. The molecule has 0 amide bonds. The molecule has 0 aromatic rings. The van der Waals surface area contributed by atoms with Crippen LogP contribution in [0.1, 0.15) is 13.8 Å². The minimum Gasteiger partial charge on any atom is -0.388 e. The lowest BCUT2D eigenvalue weighted by Gasteiger charge is -2.46. The fraction of sp³-hybridized carbons (Fsp3) is 1.00. The Labute approximate surface area is 171 Å². The third kappa shape index (κ3) is 4.63. The van der Waals surface area contributed by atoms with Crippen molar-refractivity contribution in [3.05, 3.63) is 0 Å². The Bertz CT molecular complexity index is 566. The van der Waals surface area contributed by atoms with E-state index in [0.29, 0.717) is 0 Å². The Morgan fingerprint density at radius 3 is 1.73 bits per heavy atom. The van der Waals surface area contributed by atoms with E-state index in [2.05, 4.69) is 0 Å². The van der Waals surface area contributed by atoms with E-state index in [1.807, 2.05) is 0 Å². The first-order valence-electron chi connectivity index (χ1n) is 9.71. The molecule has 3 aliphatic heterocycles. The summed E-state index contributed by atoms with van der Waals surface area (Å²) in [5.74, 6) is 0. The number of hydrogen-bond acceptors (Lipinski definition) is 13. The quantitative estimate of drug-likeness (QED) is 0.206. The van der Waals surface area contributed by atoms with Gasteiger partial charge in [0.05, 0.1) is 18.8 Å². The Morgan fingerprint density at radius 1 is 0.600 bits per heavy atom. The van der Waals surface area contributed by atoms with Gasteiger partial charge in [0.2, 0.25) is 0 Å². The third-order valence-corrected chi connectivity index (χ3v) is 5.61. The molecule has 0 radical (unpaired) electrons.